The van der Waals surface area contributed by atoms with Crippen molar-refractivity contribution in [2.75, 3.05) is 0 Å². The number of Topliss-reactive ketones (excluding diaryl/α,β-unsaturated/α-hetero) is 1. The molecule has 0 saturated heterocycles. The maximum absolute atomic E-state index is 11.1. The van der Waals surface area contributed by atoms with Crippen molar-refractivity contribution < 1.29 is 9.90 Å². The van der Waals surface area contributed by atoms with Gasteiger partial charge in [0, 0.05) is 12.0 Å². The van der Waals surface area contributed by atoms with Gasteiger partial charge in [0.1, 0.15) is 0 Å². The van der Waals surface area contributed by atoms with Gasteiger partial charge in [0.05, 0.1) is 5.76 Å². The Morgan fingerprint density at radius 1 is 1.17 bits per heavy atom. The molecule has 0 radical (unpaired) electrons. The molecule has 0 aromatic heterocycles. The van der Waals surface area contributed by atoms with Crippen molar-refractivity contribution >= 4 is 5.78 Å². The molecule has 0 aliphatic heterocycles. The van der Waals surface area contributed by atoms with Gasteiger partial charge in [0.15, 0.2) is 5.78 Å². The number of ketones is 1. The maximum Gasteiger partial charge on any atom is 0.159 e. The zero-order valence-corrected chi connectivity index (χ0v) is 7.60. The minimum absolute atomic E-state index is 0.0365. The van der Waals surface area contributed by atoms with Crippen molar-refractivity contribution in [2.45, 2.75) is 45.4 Å². The third-order valence-electron chi connectivity index (χ3n) is 2.36. The van der Waals surface area contributed by atoms with Crippen LogP contribution in [0.3, 0.4) is 0 Å². The van der Waals surface area contributed by atoms with Crippen molar-refractivity contribution in [3.8, 4) is 0 Å². The predicted octanol–water partition coefficient (Wildman–Crippen LogP) is 2.74. The van der Waals surface area contributed by atoms with Crippen LogP contribution in [0.15, 0.2) is 11.3 Å². The van der Waals surface area contributed by atoms with E-state index in [2.05, 4.69) is 0 Å². The van der Waals surface area contributed by atoms with Gasteiger partial charge in [-0.1, -0.05) is 12.8 Å². The minimum Gasteiger partial charge on any atom is -0.512 e. The molecule has 0 aromatic carbocycles. The van der Waals surface area contributed by atoms with Crippen molar-refractivity contribution in [3.63, 3.8) is 0 Å². The van der Waals surface area contributed by atoms with E-state index in [-0.39, 0.29) is 5.78 Å². The lowest BCUT2D eigenvalue weighted by Crippen LogP contribution is -2.04. The van der Waals surface area contributed by atoms with Gasteiger partial charge in [-0.3, -0.25) is 4.79 Å². The second-order valence-corrected chi connectivity index (χ2v) is 3.40. The summed E-state index contributed by atoms with van der Waals surface area (Å²) in [7, 11) is 0. The van der Waals surface area contributed by atoms with Crippen LogP contribution in [0.4, 0.5) is 0 Å². The molecule has 1 N–H and O–H groups in total. The van der Waals surface area contributed by atoms with E-state index in [1.165, 1.54) is 19.8 Å². The molecule has 0 saturated carbocycles. The van der Waals surface area contributed by atoms with E-state index in [9.17, 15) is 9.90 Å². The van der Waals surface area contributed by atoms with Gasteiger partial charge >= 0.3 is 0 Å². The second kappa shape index (κ2) is 4.29. The number of hydrogen-bond donors (Lipinski definition) is 1. The molecule has 2 nitrogen and oxygen atoms in total. The molecule has 12 heavy (non-hydrogen) atoms. The van der Waals surface area contributed by atoms with E-state index in [1.54, 1.807) is 0 Å². The van der Waals surface area contributed by atoms with Gasteiger partial charge in [-0.2, -0.15) is 0 Å². The number of carbonyl (C=O) groups excluding carboxylic acids is 1. The molecule has 1 aliphatic carbocycles. The van der Waals surface area contributed by atoms with Crippen LogP contribution in [-0.4, -0.2) is 10.9 Å². The quantitative estimate of drug-likeness (QED) is 0.653. The third-order valence-corrected chi connectivity index (χ3v) is 2.36. The summed E-state index contributed by atoms with van der Waals surface area (Å²) in [4.78, 5) is 11.1. The summed E-state index contributed by atoms with van der Waals surface area (Å²) in [5, 5.41) is 9.50. The van der Waals surface area contributed by atoms with Crippen LogP contribution < -0.4 is 0 Å². The monoisotopic (exact) mass is 168 g/mol. The van der Waals surface area contributed by atoms with Gasteiger partial charge in [0.25, 0.3) is 0 Å². The van der Waals surface area contributed by atoms with Crippen LogP contribution in [0.2, 0.25) is 0 Å². The van der Waals surface area contributed by atoms with E-state index in [1.807, 2.05) is 0 Å². The SMILES string of the molecule is CC(=O)/C1=C(\O)CCCCCC1. The smallest absolute Gasteiger partial charge is 0.159 e. The molecule has 0 aromatic rings. The summed E-state index contributed by atoms with van der Waals surface area (Å²) in [5.41, 5.74) is 0.662. The third kappa shape index (κ3) is 2.36. The molecule has 68 valence electrons. The predicted molar refractivity (Wildman–Crippen MR) is 48.0 cm³/mol. The molecule has 2 heteroatoms. The normalized spacial score (nSPS) is 26.1. The first-order valence-electron chi connectivity index (χ1n) is 4.63. The minimum atomic E-state index is 0.0365. The summed E-state index contributed by atoms with van der Waals surface area (Å²) in [6.07, 6.45) is 5.87. The van der Waals surface area contributed by atoms with Gasteiger partial charge < -0.3 is 5.11 Å². The summed E-state index contributed by atoms with van der Waals surface area (Å²) in [6.45, 7) is 1.53. The molecule has 0 fully saturated rings. The molecular formula is C10H16O2. The van der Waals surface area contributed by atoms with E-state index < -0.39 is 0 Å². The average Bonchev–Trinajstić information content (AvgIpc) is 1.96. The Hall–Kier alpha value is -0.790. The largest absolute Gasteiger partial charge is 0.512 e. The highest BCUT2D eigenvalue weighted by molar-refractivity contribution is 5.93. The van der Waals surface area contributed by atoms with Gasteiger partial charge in [-0.15, -0.1) is 0 Å². The summed E-state index contributed by atoms with van der Waals surface area (Å²) in [5.74, 6) is 0.372. The fourth-order valence-electron chi connectivity index (χ4n) is 1.62. The Labute approximate surface area is 73.3 Å². The van der Waals surface area contributed by atoms with Crippen molar-refractivity contribution in [2.24, 2.45) is 0 Å². The Balaban J connectivity index is 2.73. The fourth-order valence-corrected chi connectivity index (χ4v) is 1.62. The average molecular weight is 168 g/mol. The number of aliphatic hydroxyl groups is 1. The van der Waals surface area contributed by atoms with E-state index >= 15 is 0 Å². The fraction of sp³-hybridized carbons (Fsp3) is 0.700. The standard InChI is InChI=1S/C10H16O2/c1-8(11)9-6-4-2-3-5-7-10(9)12/h12H,2-7H2,1H3/b10-9-. The Kier molecular flexibility index (Phi) is 3.32. The van der Waals surface area contributed by atoms with Crippen molar-refractivity contribution in [1.29, 1.82) is 0 Å². The Morgan fingerprint density at radius 3 is 2.33 bits per heavy atom. The first kappa shape index (κ1) is 9.30. The summed E-state index contributed by atoms with van der Waals surface area (Å²) < 4.78 is 0. The van der Waals surface area contributed by atoms with E-state index in [0.29, 0.717) is 17.8 Å². The lowest BCUT2D eigenvalue weighted by molar-refractivity contribution is -0.114. The highest BCUT2D eigenvalue weighted by Gasteiger charge is 2.12. The molecule has 0 heterocycles. The lowest BCUT2D eigenvalue weighted by Gasteiger charge is -2.11. The molecule has 1 rings (SSSR count). The maximum atomic E-state index is 11.1. The molecule has 0 atom stereocenters. The van der Waals surface area contributed by atoms with Crippen molar-refractivity contribution in [1.82, 2.24) is 0 Å². The Morgan fingerprint density at radius 2 is 1.75 bits per heavy atom. The number of aliphatic hydroxyl groups excluding tert-OH is 1. The van der Waals surface area contributed by atoms with E-state index in [0.717, 1.165) is 19.3 Å². The van der Waals surface area contributed by atoms with Crippen molar-refractivity contribution in [3.05, 3.63) is 11.3 Å². The van der Waals surface area contributed by atoms with Crippen LogP contribution in [-0.2, 0) is 4.79 Å². The second-order valence-electron chi connectivity index (χ2n) is 3.40. The van der Waals surface area contributed by atoms with Crippen LogP contribution in [0.5, 0.6) is 0 Å². The lowest BCUT2D eigenvalue weighted by atomic mass is 9.96. The first-order chi connectivity index (χ1) is 5.72. The van der Waals surface area contributed by atoms with Gasteiger partial charge in [0.2, 0.25) is 0 Å². The molecule has 1 aliphatic rings. The number of hydrogen-bond acceptors (Lipinski definition) is 2. The number of allylic oxidation sites excluding steroid dienone is 2. The molecule has 0 unspecified atom stereocenters. The zero-order valence-electron chi connectivity index (χ0n) is 7.60. The highest BCUT2D eigenvalue weighted by Crippen LogP contribution is 2.21. The summed E-state index contributed by atoms with van der Waals surface area (Å²) in [6, 6.07) is 0. The van der Waals surface area contributed by atoms with Crippen LogP contribution in [0.25, 0.3) is 0 Å². The van der Waals surface area contributed by atoms with Gasteiger partial charge in [-0.05, 0) is 26.2 Å². The molecule has 0 spiro atoms. The Bertz CT molecular complexity index is 204. The van der Waals surface area contributed by atoms with Crippen LogP contribution >= 0.6 is 0 Å². The van der Waals surface area contributed by atoms with Crippen LogP contribution in [0, 0.1) is 0 Å². The molecule has 0 amide bonds. The zero-order chi connectivity index (χ0) is 8.97. The topological polar surface area (TPSA) is 37.3 Å². The number of carbonyl (C=O) groups is 1. The van der Waals surface area contributed by atoms with Gasteiger partial charge in [-0.25, -0.2) is 0 Å². The van der Waals surface area contributed by atoms with Crippen LogP contribution in [0.1, 0.15) is 45.4 Å². The molecular weight excluding hydrogens is 152 g/mol. The first-order valence-corrected chi connectivity index (χ1v) is 4.63. The highest BCUT2D eigenvalue weighted by atomic mass is 16.3. The summed E-state index contributed by atoms with van der Waals surface area (Å²) >= 11 is 0. The molecule has 0 bridgehead atoms. The number of rotatable bonds is 1. The van der Waals surface area contributed by atoms with E-state index in [4.69, 9.17) is 0 Å².